The monoisotopic (exact) mass is 248 g/mol. The maximum absolute atomic E-state index is 5.93. The predicted octanol–water partition coefficient (Wildman–Crippen LogP) is 2.54. The van der Waals surface area contributed by atoms with Crippen molar-refractivity contribution < 1.29 is 4.42 Å². The van der Waals surface area contributed by atoms with Crippen molar-refractivity contribution in [1.29, 1.82) is 0 Å². The van der Waals surface area contributed by atoms with Gasteiger partial charge in [-0.1, -0.05) is 6.42 Å². The van der Waals surface area contributed by atoms with Gasteiger partial charge in [0.25, 0.3) is 0 Å². The van der Waals surface area contributed by atoms with Gasteiger partial charge < -0.3 is 9.73 Å². The molecule has 2 heterocycles. The lowest BCUT2D eigenvalue weighted by molar-refractivity contribution is 0.272. The van der Waals surface area contributed by atoms with Gasteiger partial charge in [0, 0.05) is 13.1 Å². The van der Waals surface area contributed by atoms with E-state index in [0.29, 0.717) is 0 Å². The molecular formula is C15H24N2O. The Morgan fingerprint density at radius 2 is 2.06 bits per heavy atom. The summed E-state index contributed by atoms with van der Waals surface area (Å²) in [6, 6.07) is 2.21. The summed E-state index contributed by atoms with van der Waals surface area (Å²) < 4.78 is 5.93. The molecule has 1 saturated heterocycles. The topological polar surface area (TPSA) is 28.4 Å². The summed E-state index contributed by atoms with van der Waals surface area (Å²) in [7, 11) is 1.96. The molecule has 2 atom stereocenters. The first-order valence-corrected chi connectivity index (χ1v) is 7.21. The van der Waals surface area contributed by atoms with Gasteiger partial charge in [0.2, 0.25) is 0 Å². The Balaban J connectivity index is 1.61. The minimum Gasteiger partial charge on any atom is -0.463 e. The van der Waals surface area contributed by atoms with Crippen molar-refractivity contribution in [2.24, 2.45) is 11.8 Å². The van der Waals surface area contributed by atoms with E-state index in [2.05, 4.69) is 23.2 Å². The molecule has 2 aliphatic rings. The van der Waals surface area contributed by atoms with E-state index in [0.717, 1.165) is 36.4 Å². The molecule has 3 heteroatoms. The van der Waals surface area contributed by atoms with Crippen molar-refractivity contribution in [3.05, 3.63) is 23.2 Å². The summed E-state index contributed by atoms with van der Waals surface area (Å²) in [5.41, 5.74) is 1.28. The van der Waals surface area contributed by atoms with Gasteiger partial charge in [-0.15, -0.1) is 0 Å². The van der Waals surface area contributed by atoms with E-state index >= 15 is 0 Å². The lowest BCUT2D eigenvalue weighted by Gasteiger charge is -2.14. The molecule has 1 aliphatic heterocycles. The van der Waals surface area contributed by atoms with Crippen LogP contribution in [-0.2, 0) is 13.1 Å². The zero-order valence-electron chi connectivity index (χ0n) is 11.5. The van der Waals surface area contributed by atoms with Crippen LogP contribution in [0.25, 0.3) is 0 Å². The average Bonchev–Trinajstić information content (AvgIpc) is 2.95. The normalized spacial score (nSPS) is 27.9. The van der Waals surface area contributed by atoms with Crippen molar-refractivity contribution >= 4 is 0 Å². The zero-order chi connectivity index (χ0) is 12.5. The fourth-order valence-corrected chi connectivity index (χ4v) is 3.69. The fraction of sp³-hybridized carbons (Fsp3) is 0.733. The molecule has 0 bridgehead atoms. The van der Waals surface area contributed by atoms with Crippen LogP contribution in [0.5, 0.6) is 0 Å². The summed E-state index contributed by atoms with van der Waals surface area (Å²) in [5, 5.41) is 3.16. The summed E-state index contributed by atoms with van der Waals surface area (Å²) in [6.45, 7) is 6.53. The molecule has 0 radical (unpaired) electrons. The van der Waals surface area contributed by atoms with Crippen LogP contribution < -0.4 is 5.32 Å². The molecule has 1 N–H and O–H groups in total. The second kappa shape index (κ2) is 5.06. The molecule has 3 rings (SSSR count). The smallest absolute Gasteiger partial charge is 0.120 e. The summed E-state index contributed by atoms with van der Waals surface area (Å²) in [4.78, 5) is 2.58. The number of furan rings is 1. The number of nitrogens with zero attached hydrogens (tertiary/aromatic N) is 1. The van der Waals surface area contributed by atoms with Gasteiger partial charge in [0.15, 0.2) is 0 Å². The first kappa shape index (κ1) is 12.2. The number of rotatable bonds is 4. The van der Waals surface area contributed by atoms with Gasteiger partial charge in [0.05, 0.1) is 13.1 Å². The van der Waals surface area contributed by atoms with E-state index < -0.39 is 0 Å². The third-order valence-corrected chi connectivity index (χ3v) is 4.59. The number of likely N-dealkylation sites (tertiary alicyclic amines) is 1. The van der Waals surface area contributed by atoms with Gasteiger partial charge >= 0.3 is 0 Å². The minimum absolute atomic E-state index is 0.830. The summed E-state index contributed by atoms with van der Waals surface area (Å²) >= 11 is 0. The molecule has 100 valence electrons. The lowest BCUT2D eigenvalue weighted by atomic mass is 10.0. The molecule has 1 aliphatic carbocycles. The van der Waals surface area contributed by atoms with E-state index in [1.165, 1.54) is 37.9 Å². The zero-order valence-corrected chi connectivity index (χ0v) is 11.5. The Morgan fingerprint density at radius 1 is 1.33 bits per heavy atom. The maximum Gasteiger partial charge on any atom is 0.120 e. The third-order valence-electron chi connectivity index (χ3n) is 4.59. The molecule has 0 spiro atoms. The molecule has 0 aromatic carbocycles. The average molecular weight is 248 g/mol. The highest BCUT2D eigenvalue weighted by Crippen LogP contribution is 2.38. The standard InChI is InChI=1S/C15H24N2O/c1-11-6-14(18-15(11)7-16-2)10-17-8-12-4-3-5-13(12)9-17/h6,12-13,16H,3-5,7-10H2,1-2H3. The van der Waals surface area contributed by atoms with Crippen LogP contribution in [0.15, 0.2) is 10.5 Å². The van der Waals surface area contributed by atoms with E-state index in [1.54, 1.807) is 0 Å². The molecule has 2 unspecified atom stereocenters. The Kier molecular flexibility index (Phi) is 3.44. The highest BCUT2D eigenvalue weighted by atomic mass is 16.3. The summed E-state index contributed by atoms with van der Waals surface area (Å²) in [6.07, 6.45) is 4.35. The van der Waals surface area contributed by atoms with Crippen LogP contribution in [-0.4, -0.2) is 25.0 Å². The first-order valence-electron chi connectivity index (χ1n) is 7.21. The van der Waals surface area contributed by atoms with Crippen LogP contribution in [0.2, 0.25) is 0 Å². The van der Waals surface area contributed by atoms with E-state index in [4.69, 9.17) is 4.42 Å². The Labute approximate surface area is 110 Å². The summed E-state index contributed by atoms with van der Waals surface area (Å²) in [5.74, 6) is 4.17. The maximum atomic E-state index is 5.93. The lowest BCUT2D eigenvalue weighted by Crippen LogP contribution is -2.20. The van der Waals surface area contributed by atoms with Gasteiger partial charge in [-0.05, 0) is 50.3 Å². The van der Waals surface area contributed by atoms with E-state index in [9.17, 15) is 0 Å². The molecule has 3 nitrogen and oxygen atoms in total. The SMILES string of the molecule is CNCc1oc(CN2CC3CCCC3C2)cc1C. The Bertz CT molecular complexity index is 401. The molecule has 2 fully saturated rings. The largest absolute Gasteiger partial charge is 0.463 e. The van der Waals surface area contributed by atoms with E-state index in [-0.39, 0.29) is 0 Å². The molecule has 1 aromatic heterocycles. The molecule has 1 aromatic rings. The van der Waals surface area contributed by atoms with Gasteiger partial charge in [-0.3, -0.25) is 4.90 Å². The van der Waals surface area contributed by atoms with Crippen molar-refractivity contribution in [3.8, 4) is 0 Å². The number of fused-ring (bicyclic) bond motifs is 1. The number of nitrogens with one attached hydrogen (secondary N) is 1. The quantitative estimate of drug-likeness (QED) is 0.887. The molecule has 0 amide bonds. The first-order chi connectivity index (χ1) is 8.76. The second-order valence-electron chi connectivity index (χ2n) is 5.99. The van der Waals surface area contributed by atoms with Crippen LogP contribution in [0.4, 0.5) is 0 Å². The molecular weight excluding hydrogens is 224 g/mol. The van der Waals surface area contributed by atoms with Crippen LogP contribution >= 0.6 is 0 Å². The van der Waals surface area contributed by atoms with Crippen LogP contribution in [0.1, 0.15) is 36.3 Å². The van der Waals surface area contributed by atoms with Gasteiger partial charge in [0.1, 0.15) is 11.5 Å². The van der Waals surface area contributed by atoms with Crippen molar-refractivity contribution in [2.75, 3.05) is 20.1 Å². The van der Waals surface area contributed by atoms with Crippen molar-refractivity contribution in [2.45, 2.75) is 39.3 Å². The highest BCUT2D eigenvalue weighted by Gasteiger charge is 2.36. The highest BCUT2D eigenvalue weighted by molar-refractivity contribution is 5.20. The third kappa shape index (κ3) is 2.34. The van der Waals surface area contributed by atoms with E-state index in [1.807, 2.05) is 7.05 Å². The Hall–Kier alpha value is -0.800. The fourth-order valence-electron chi connectivity index (χ4n) is 3.69. The molecule has 1 saturated carbocycles. The number of hydrogen-bond acceptors (Lipinski definition) is 3. The Morgan fingerprint density at radius 3 is 2.72 bits per heavy atom. The van der Waals surface area contributed by atoms with Crippen LogP contribution in [0.3, 0.4) is 0 Å². The van der Waals surface area contributed by atoms with Gasteiger partial charge in [-0.2, -0.15) is 0 Å². The minimum atomic E-state index is 0.830. The van der Waals surface area contributed by atoms with Crippen molar-refractivity contribution in [3.63, 3.8) is 0 Å². The number of aryl methyl sites for hydroxylation is 1. The predicted molar refractivity (Wildman–Crippen MR) is 72.3 cm³/mol. The second-order valence-corrected chi connectivity index (χ2v) is 5.99. The van der Waals surface area contributed by atoms with Crippen molar-refractivity contribution in [1.82, 2.24) is 10.2 Å². The molecule has 18 heavy (non-hydrogen) atoms. The number of hydrogen-bond donors (Lipinski definition) is 1. The van der Waals surface area contributed by atoms with Crippen LogP contribution in [0, 0.1) is 18.8 Å². The van der Waals surface area contributed by atoms with Gasteiger partial charge in [-0.25, -0.2) is 0 Å².